The van der Waals surface area contributed by atoms with Crippen molar-refractivity contribution in [3.63, 3.8) is 0 Å². The number of hydrogen-bond acceptors (Lipinski definition) is 4. The Morgan fingerprint density at radius 3 is 2.58 bits per heavy atom. The number of benzene rings is 3. The normalized spacial score (nSPS) is 17.4. The Hall–Kier alpha value is -4.26. The first-order valence-corrected chi connectivity index (χ1v) is 12.9. The Balaban J connectivity index is 1.37. The molecule has 0 radical (unpaired) electrons. The van der Waals surface area contributed by atoms with Crippen LogP contribution in [-0.2, 0) is 23.1 Å². The highest BCUT2D eigenvalue weighted by molar-refractivity contribution is 5.83. The minimum atomic E-state index is -0.273. The topological polar surface area (TPSA) is 64.2 Å². The van der Waals surface area contributed by atoms with E-state index in [1.54, 1.807) is 12.1 Å². The van der Waals surface area contributed by atoms with Crippen LogP contribution in [0.25, 0.3) is 16.6 Å². The third kappa shape index (κ3) is 4.49. The zero-order valence-corrected chi connectivity index (χ0v) is 21.5. The maximum absolute atomic E-state index is 13.5. The van der Waals surface area contributed by atoms with Crippen molar-refractivity contribution in [1.82, 2.24) is 19.8 Å². The van der Waals surface area contributed by atoms with Gasteiger partial charge in [-0.1, -0.05) is 35.5 Å². The largest absolute Gasteiger partial charge is 0.361 e. The van der Waals surface area contributed by atoms with E-state index in [1.165, 1.54) is 23.3 Å². The number of halogens is 1. The van der Waals surface area contributed by atoms with Gasteiger partial charge in [0.05, 0.1) is 29.5 Å². The van der Waals surface area contributed by atoms with E-state index in [2.05, 4.69) is 53.6 Å². The number of aryl methyl sites for hydroxylation is 2. The van der Waals surface area contributed by atoms with Crippen LogP contribution >= 0.6 is 0 Å². The number of fused-ring (bicyclic) bond motifs is 1. The van der Waals surface area contributed by atoms with Gasteiger partial charge in [-0.05, 0) is 79.8 Å². The second kappa shape index (κ2) is 9.56. The van der Waals surface area contributed by atoms with Crippen LogP contribution in [0.5, 0.6) is 0 Å². The van der Waals surface area contributed by atoms with Crippen molar-refractivity contribution in [2.24, 2.45) is 0 Å². The average Bonchev–Trinajstić information content (AvgIpc) is 3.64. The predicted molar refractivity (Wildman–Crippen MR) is 144 cm³/mol. The van der Waals surface area contributed by atoms with E-state index in [9.17, 15) is 9.18 Å². The molecule has 0 N–H and O–H groups in total. The molecule has 2 aromatic heterocycles. The third-order valence-corrected chi connectivity index (χ3v) is 7.65. The molecule has 3 aromatic carbocycles. The molecule has 192 valence electrons. The van der Waals surface area contributed by atoms with Gasteiger partial charge in [-0.3, -0.25) is 4.79 Å². The number of carbonyl (C=O) groups excluding carboxylic acids is 1. The molecule has 0 saturated carbocycles. The Morgan fingerprint density at radius 1 is 1.05 bits per heavy atom. The number of aromatic nitrogens is 3. The lowest BCUT2D eigenvalue weighted by molar-refractivity contribution is -0.129. The van der Waals surface area contributed by atoms with Crippen LogP contribution in [-0.4, -0.2) is 38.8 Å². The fraction of sp³-hybridized carbons (Fsp3) is 0.258. The molecule has 0 aliphatic carbocycles. The SMILES string of the molecule is Cc1cc(CC(=O)N2CCC(Cc3ccccc3)(c3cc4cnn(-c5ccc(F)cc5)c4cc3C)C2)on1. The summed E-state index contributed by atoms with van der Waals surface area (Å²) < 4.78 is 20.7. The summed E-state index contributed by atoms with van der Waals surface area (Å²) >= 11 is 0. The fourth-order valence-electron chi connectivity index (χ4n) is 5.83. The summed E-state index contributed by atoms with van der Waals surface area (Å²) in [5.74, 6) is 0.378. The first kappa shape index (κ1) is 24.1. The zero-order chi connectivity index (χ0) is 26.3. The summed E-state index contributed by atoms with van der Waals surface area (Å²) in [5.41, 5.74) is 5.96. The van der Waals surface area contributed by atoms with Crippen molar-refractivity contribution in [2.75, 3.05) is 13.1 Å². The molecule has 1 unspecified atom stereocenters. The van der Waals surface area contributed by atoms with Crippen molar-refractivity contribution in [3.8, 4) is 5.69 Å². The van der Waals surface area contributed by atoms with Crippen LogP contribution in [0.15, 0.2) is 83.5 Å². The van der Waals surface area contributed by atoms with Crippen LogP contribution in [0, 0.1) is 19.7 Å². The smallest absolute Gasteiger partial charge is 0.230 e. The van der Waals surface area contributed by atoms with Gasteiger partial charge in [-0.15, -0.1) is 0 Å². The average molecular weight is 509 g/mol. The van der Waals surface area contributed by atoms with E-state index in [-0.39, 0.29) is 23.6 Å². The third-order valence-electron chi connectivity index (χ3n) is 7.65. The molecular formula is C31H29FN4O2. The molecule has 1 amide bonds. The molecule has 3 heterocycles. The number of amides is 1. The number of hydrogen-bond donors (Lipinski definition) is 0. The molecule has 6 rings (SSSR count). The Labute approximate surface area is 220 Å². The fourth-order valence-corrected chi connectivity index (χ4v) is 5.83. The highest BCUT2D eigenvalue weighted by Crippen LogP contribution is 2.41. The highest BCUT2D eigenvalue weighted by atomic mass is 19.1. The van der Waals surface area contributed by atoms with Crippen LogP contribution in [0.2, 0.25) is 0 Å². The summed E-state index contributed by atoms with van der Waals surface area (Å²) in [6.45, 7) is 5.30. The predicted octanol–water partition coefficient (Wildman–Crippen LogP) is 5.72. The molecule has 1 atom stereocenters. The summed E-state index contributed by atoms with van der Waals surface area (Å²) in [7, 11) is 0. The van der Waals surface area contributed by atoms with Crippen molar-refractivity contribution in [3.05, 3.63) is 113 Å². The van der Waals surface area contributed by atoms with Crippen molar-refractivity contribution in [1.29, 1.82) is 0 Å². The molecule has 5 aromatic rings. The maximum Gasteiger partial charge on any atom is 0.230 e. The van der Waals surface area contributed by atoms with Gasteiger partial charge in [0, 0.05) is 30.0 Å². The monoisotopic (exact) mass is 508 g/mol. The molecule has 1 fully saturated rings. The number of rotatable bonds is 6. The van der Waals surface area contributed by atoms with E-state index in [1.807, 2.05) is 34.8 Å². The van der Waals surface area contributed by atoms with Crippen LogP contribution in [0.4, 0.5) is 4.39 Å². The van der Waals surface area contributed by atoms with Gasteiger partial charge in [-0.25, -0.2) is 9.07 Å². The lowest BCUT2D eigenvalue weighted by atomic mass is 9.73. The molecule has 6 nitrogen and oxygen atoms in total. The molecule has 0 bridgehead atoms. The maximum atomic E-state index is 13.5. The first-order chi connectivity index (χ1) is 18.4. The summed E-state index contributed by atoms with van der Waals surface area (Å²) in [5, 5.41) is 9.56. The second-order valence-electron chi connectivity index (χ2n) is 10.4. The zero-order valence-electron chi connectivity index (χ0n) is 21.5. The van der Waals surface area contributed by atoms with E-state index in [4.69, 9.17) is 4.52 Å². The number of carbonyl (C=O) groups is 1. The van der Waals surface area contributed by atoms with E-state index in [0.29, 0.717) is 18.8 Å². The molecule has 38 heavy (non-hydrogen) atoms. The van der Waals surface area contributed by atoms with Crippen molar-refractivity contribution in [2.45, 2.75) is 38.5 Å². The molecule has 1 aliphatic rings. The van der Waals surface area contributed by atoms with Crippen molar-refractivity contribution < 1.29 is 13.7 Å². The van der Waals surface area contributed by atoms with Gasteiger partial charge in [0.1, 0.15) is 11.6 Å². The summed E-state index contributed by atoms with van der Waals surface area (Å²) in [6, 6.07) is 23.1. The van der Waals surface area contributed by atoms with Gasteiger partial charge < -0.3 is 9.42 Å². The minimum Gasteiger partial charge on any atom is -0.361 e. The highest BCUT2D eigenvalue weighted by Gasteiger charge is 2.42. The molecular weight excluding hydrogens is 479 g/mol. The molecule has 1 saturated heterocycles. The van der Waals surface area contributed by atoms with Crippen LogP contribution < -0.4 is 0 Å². The van der Waals surface area contributed by atoms with Gasteiger partial charge in [0.2, 0.25) is 5.91 Å². The standard InChI is InChI=1S/C31H29FN4O2/c1-21-14-29-24(19-33-36(29)26-10-8-25(32)9-11-26)16-28(21)31(18-23-6-4-3-5-7-23)12-13-35(20-31)30(37)17-27-15-22(2)34-38-27/h3-11,14-16,19H,12-13,17-18,20H2,1-2H3. The lowest BCUT2D eigenvalue weighted by Crippen LogP contribution is -2.37. The van der Waals surface area contributed by atoms with Crippen LogP contribution in [0.3, 0.4) is 0 Å². The first-order valence-electron chi connectivity index (χ1n) is 12.9. The Morgan fingerprint density at radius 2 is 1.84 bits per heavy atom. The van der Waals surface area contributed by atoms with Gasteiger partial charge in [-0.2, -0.15) is 5.10 Å². The number of likely N-dealkylation sites (tertiary alicyclic amines) is 1. The van der Waals surface area contributed by atoms with Gasteiger partial charge >= 0.3 is 0 Å². The second-order valence-corrected chi connectivity index (χ2v) is 10.4. The molecule has 7 heteroatoms. The van der Waals surface area contributed by atoms with E-state index >= 15 is 0 Å². The van der Waals surface area contributed by atoms with E-state index < -0.39 is 0 Å². The summed E-state index contributed by atoms with van der Waals surface area (Å²) in [4.78, 5) is 15.2. The van der Waals surface area contributed by atoms with Gasteiger partial charge in [0.15, 0.2) is 0 Å². The Bertz CT molecular complexity index is 1610. The Kier molecular flexibility index (Phi) is 6.06. The quantitative estimate of drug-likeness (QED) is 0.294. The van der Waals surface area contributed by atoms with Crippen molar-refractivity contribution >= 4 is 16.8 Å². The molecule has 0 spiro atoms. The summed E-state index contributed by atoms with van der Waals surface area (Å²) in [6.07, 6.45) is 3.77. The van der Waals surface area contributed by atoms with E-state index in [0.717, 1.165) is 40.7 Å². The number of nitrogens with zero attached hydrogens (tertiary/aromatic N) is 4. The minimum absolute atomic E-state index is 0.0546. The van der Waals surface area contributed by atoms with Gasteiger partial charge in [0.25, 0.3) is 0 Å². The van der Waals surface area contributed by atoms with Crippen LogP contribution in [0.1, 0.15) is 34.6 Å². The molecule has 1 aliphatic heterocycles. The lowest BCUT2D eigenvalue weighted by Gasteiger charge is -2.32.